The van der Waals surface area contributed by atoms with Crippen LogP contribution in [0.1, 0.15) is 29.7 Å². The highest BCUT2D eigenvalue weighted by atomic mass is 16.5. The molecule has 2 aromatic rings. The van der Waals surface area contributed by atoms with E-state index in [2.05, 4.69) is 10.6 Å². The lowest BCUT2D eigenvalue weighted by Crippen LogP contribution is -2.28. The Hall–Kier alpha value is -3.46. The van der Waals surface area contributed by atoms with Gasteiger partial charge in [-0.25, -0.2) is 0 Å². The Labute approximate surface area is 165 Å². The molecule has 146 valence electrons. The Morgan fingerprint density at radius 3 is 2.57 bits per heavy atom. The summed E-state index contributed by atoms with van der Waals surface area (Å²) in [5.41, 5.74) is 3.09. The van der Waals surface area contributed by atoms with Crippen molar-refractivity contribution in [3.8, 4) is 17.6 Å². The van der Waals surface area contributed by atoms with Crippen molar-refractivity contribution in [1.29, 1.82) is 5.26 Å². The molecule has 2 N–H and O–H groups in total. The smallest absolute Gasteiger partial charge is 0.263 e. The van der Waals surface area contributed by atoms with E-state index in [0.29, 0.717) is 18.0 Å². The molecule has 1 amide bonds. The van der Waals surface area contributed by atoms with Crippen molar-refractivity contribution in [3.05, 3.63) is 70.9 Å². The van der Waals surface area contributed by atoms with E-state index in [0.717, 1.165) is 16.7 Å². The number of benzene rings is 2. The fourth-order valence-electron chi connectivity index (χ4n) is 2.72. The maximum atomic E-state index is 12.4. The van der Waals surface area contributed by atoms with E-state index < -0.39 is 5.91 Å². The van der Waals surface area contributed by atoms with Gasteiger partial charge in [0.1, 0.15) is 11.6 Å². The van der Waals surface area contributed by atoms with Gasteiger partial charge in [0, 0.05) is 12.7 Å². The molecule has 2 rings (SSSR count). The van der Waals surface area contributed by atoms with Gasteiger partial charge in [0.15, 0.2) is 11.5 Å². The number of nitrogens with one attached hydrogen (secondary N) is 2. The SMILES string of the molecule is COc1ccc(C(C)NC(=O)/C(C#N)=C\NCc2cccc(C)c2)cc1OC. The van der Waals surface area contributed by atoms with Crippen LogP contribution in [0.2, 0.25) is 0 Å². The van der Waals surface area contributed by atoms with E-state index in [1.807, 2.05) is 50.2 Å². The van der Waals surface area contributed by atoms with Crippen molar-refractivity contribution in [2.75, 3.05) is 14.2 Å². The number of nitriles is 1. The number of carbonyl (C=O) groups is 1. The fourth-order valence-corrected chi connectivity index (χ4v) is 2.72. The van der Waals surface area contributed by atoms with Gasteiger partial charge in [0.2, 0.25) is 0 Å². The molecule has 0 saturated heterocycles. The third-order valence-corrected chi connectivity index (χ3v) is 4.26. The third kappa shape index (κ3) is 5.52. The molecular weight excluding hydrogens is 354 g/mol. The van der Waals surface area contributed by atoms with E-state index >= 15 is 0 Å². The Morgan fingerprint density at radius 2 is 1.93 bits per heavy atom. The Balaban J connectivity index is 2.01. The second-order valence-corrected chi connectivity index (χ2v) is 6.35. The zero-order valence-corrected chi connectivity index (χ0v) is 16.6. The predicted octanol–water partition coefficient (Wildman–Crippen LogP) is 3.39. The molecule has 0 aliphatic carbocycles. The highest BCUT2D eigenvalue weighted by Crippen LogP contribution is 2.29. The first-order valence-corrected chi connectivity index (χ1v) is 8.90. The highest BCUT2D eigenvalue weighted by molar-refractivity contribution is 5.97. The first-order valence-electron chi connectivity index (χ1n) is 8.90. The lowest BCUT2D eigenvalue weighted by atomic mass is 10.1. The predicted molar refractivity (Wildman–Crippen MR) is 108 cm³/mol. The van der Waals surface area contributed by atoms with Crippen LogP contribution in [-0.4, -0.2) is 20.1 Å². The normalized spacial score (nSPS) is 11.9. The van der Waals surface area contributed by atoms with Crippen LogP contribution in [0.4, 0.5) is 0 Å². The number of nitrogens with zero attached hydrogens (tertiary/aromatic N) is 1. The molecule has 1 atom stereocenters. The van der Waals surface area contributed by atoms with Gasteiger partial charge in [-0.05, 0) is 37.1 Å². The van der Waals surface area contributed by atoms with Crippen molar-refractivity contribution < 1.29 is 14.3 Å². The lowest BCUT2D eigenvalue weighted by Gasteiger charge is -2.16. The fraction of sp³-hybridized carbons (Fsp3) is 0.273. The second-order valence-electron chi connectivity index (χ2n) is 6.35. The van der Waals surface area contributed by atoms with Crippen molar-refractivity contribution in [1.82, 2.24) is 10.6 Å². The van der Waals surface area contributed by atoms with E-state index in [4.69, 9.17) is 9.47 Å². The molecule has 0 bridgehead atoms. The van der Waals surface area contributed by atoms with Gasteiger partial charge in [0.05, 0.1) is 20.3 Å². The van der Waals surface area contributed by atoms with E-state index in [1.54, 1.807) is 26.4 Å². The molecule has 0 spiro atoms. The van der Waals surface area contributed by atoms with Crippen LogP contribution < -0.4 is 20.1 Å². The minimum Gasteiger partial charge on any atom is -0.493 e. The van der Waals surface area contributed by atoms with Gasteiger partial charge < -0.3 is 20.1 Å². The molecule has 6 heteroatoms. The quantitative estimate of drug-likeness (QED) is 0.543. The third-order valence-electron chi connectivity index (χ3n) is 4.26. The number of carbonyl (C=O) groups excluding carboxylic acids is 1. The summed E-state index contributed by atoms with van der Waals surface area (Å²) in [5, 5.41) is 15.2. The van der Waals surface area contributed by atoms with Crippen molar-refractivity contribution in [3.63, 3.8) is 0 Å². The summed E-state index contributed by atoms with van der Waals surface area (Å²) in [6.07, 6.45) is 1.44. The standard InChI is InChI=1S/C22H25N3O3/c1-15-6-5-7-17(10-15)13-24-14-19(12-23)22(26)25-16(2)18-8-9-20(27-3)21(11-18)28-4/h5-11,14,16,24H,13H2,1-4H3,(H,25,26)/b19-14-. The number of aryl methyl sites for hydroxylation is 1. The zero-order valence-electron chi connectivity index (χ0n) is 16.6. The maximum absolute atomic E-state index is 12.4. The summed E-state index contributed by atoms with van der Waals surface area (Å²) in [7, 11) is 3.12. The number of hydrogen-bond donors (Lipinski definition) is 2. The molecule has 6 nitrogen and oxygen atoms in total. The minimum atomic E-state index is -0.443. The molecule has 0 heterocycles. The van der Waals surface area contributed by atoms with Crippen molar-refractivity contribution in [2.45, 2.75) is 26.4 Å². The van der Waals surface area contributed by atoms with Crippen LogP contribution in [0.15, 0.2) is 54.2 Å². The Bertz CT molecular complexity index is 900. The van der Waals surface area contributed by atoms with Crippen LogP contribution in [0.25, 0.3) is 0 Å². The summed E-state index contributed by atoms with van der Waals surface area (Å²) in [6.45, 7) is 4.39. The summed E-state index contributed by atoms with van der Waals surface area (Å²) >= 11 is 0. The van der Waals surface area contributed by atoms with E-state index in [-0.39, 0.29) is 11.6 Å². The van der Waals surface area contributed by atoms with Crippen LogP contribution in [0.5, 0.6) is 11.5 Å². The Kier molecular flexibility index (Phi) is 7.46. The first kappa shape index (κ1) is 20.8. The van der Waals surface area contributed by atoms with Gasteiger partial charge in [-0.15, -0.1) is 0 Å². The molecule has 0 aliphatic rings. The Morgan fingerprint density at radius 1 is 1.18 bits per heavy atom. The van der Waals surface area contributed by atoms with Crippen LogP contribution in [0, 0.1) is 18.3 Å². The highest BCUT2D eigenvalue weighted by Gasteiger charge is 2.15. The second kappa shape index (κ2) is 10.0. The first-order chi connectivity index (χ1) is 13.5. The molecule has 2 aromatic carbocycles. The average Bonchev–Trinajstić information content (AvgIpc) is 2.70. The van der Waals surface area contributed by atoms with Gasteiger partial charge in [-0.1, -0.05) is 35.9 Å². The molecule has 28 heavy (non-hydrogen) atoms. The summed E-state index contributed by atoms with van der Waals surface area (Å²) in [4.78, 5) is 12.4. The molecule has 1 unspecified atom stereocenters. The molecular formula is C22H25N3O3. The van der Waals surface area contributed by atoms with Crippen molar-refractivity contribution in [2.24, 2.45) is 0 Å². The average molecular weight is 379 g/mol. The number of rotatable bonds is 8. The minimum absolute atomic E-state index is 0.0139. The molecule has 0 fully saturated rings. The maximum Gasteiger partial charge on any atom is 0.263 e. The number of ether oxygens (including phenoxy) is 2. The largest absolute Gasteiger partial charge is 0.493 e. The van der Waals surface area contributed by atoms with Crippen molar-refractivity contribution >= 4 is 5.91 Å². The number of hydrogen-bond acceptors (Lipinski definition) is 5. The van der Waals surface area contributed by atoms with Crippen LogP contribution in [-0.2, 0) is 11.3 Å². The van der Waals surface area contributed by atoms with E-state index in [9.17, 15) is 10.1 Å². The topological polar surface area (TPSA) is 83.4 Å². The lowest BCUT2D eigenvalue weighted by molar-refractivity contribution is -0.117. The van der Waals surface area contributed by atoms with E-state index in [1.165, 1.54) is 6.20 Å². The number of amides is 1. The molecule has 0 saturated carbocycles. The van der Waals surface area contributed by atoms with Gasteiger partial charge in [-0.2, -0.15) is 5.26 Å². The molecule has 0 aromatic heterocycles. The molecule has 0 aliphatic heterocycles. The summed E-state index contributed by atoms with van der Waals surface area (Å²) in [5.74, 6) is 0.751. The van der Waals surface area contributed by atoms with Gasteiger partial charge in [-0.3, -0.25) is 4.79 Å². The molecule has 0 radical (unpaired) electrons. The summed E-state index contributed by atoms with van der Waals surface area (Å²) in [6, 6.07) is 15.1. The van der Waals surface area contributed by atoms with Gasteiger partial charge >= 0.3 is 0 Å². The number of methoxy groups -OCH3 is 2. The summed E-state index contributed by atoms with van der Waals surface area (Å²) < 4.78 is 10.5. The monoisotopic (exact) mass is 379 g/mol. The van der Waals surface area contributed by atoms with Gasteiger partial charge in [0.25, 0.3) is 5.91 Å². The van der Waals surface area contributed by atoms with Crippen LogP contribution >= 0.6 is 0 Å². The van der Waals surface area contributed by atoms with Crippen LogP contribution in [0.3, 0.4) is 0 Å². The zero-order chi connectivity index (χ0) is 20.5.